The van der Waals surface area contributed by atoms with Crippen LogP contribution in [0.25, 0.3) is 11.1 Å². The van der Waals surface area contributed by atoms with Gasteiger partial charge in [0.25, 0.3) is 0 Å². The lowest BCUT2D eigenvalue weighted by Crippen LogP contribution is -2.21. The van der Waals surface area contributed by atoms with Crippen LogP contribution in [0.5, 0.6) is 0 Å². The average Bonchev–Trinajstić information content (AvgIpc) is 3.34. The van der Waals surface area contributed by atoms with E-state index in [-0.39, 0.29) is 5.43 Å². The Bertz CT molecular complexity index is 910. The zero-order valence-electron chi connectivity index (χ0n) is 13.9. The molecule has 0 saturated carbocycles. The highest BCUT2D eigenvalue weighted by atomic mass is 16.1. The number of hydrogen-bond acceptors (Lipinski definition) is 2. The van der Waals surface area contributed by atoms with Gasteiger partial charge in [0.1, 0.15) is 0 Å². The van der Waals surface area contributed by atoms with Gasteiger partial charge < -0.3 is 4.90 Å². The minimum atomic E-state index is 0.165. The molecule has 0 aromatic heterocycles. The predicted molar refractivity (Wildman–Crippen MR) is 103 cm³/mol. The van der Waals surface area contributed by atoms with Crippen molar-refractivity contribution in [2.45, 2.75) is 13.1 Å². The van der Waals surface area contributed by atoms with Gasteiger partial charge in [-0.15, -0.1) is 0 Å². The number of rotatable bonds is 6. The summed E-state index contributed by atoms with van der Waals surface area (Å²) in [5.74, 6) is 0. The van der Waals surface area contributed by atoms with Gasteiger partial charge in [-0.1, -0.05) is 91.0 Å². The summed E-state index contributed by atoms with van der Waals surface area (Å²) in [5.41, 5.74) is 5.29. The number of benzene rings is 3. The molecule has 0 fully saturated rings. The average molecular weight is 325 g/mol. The van der Waals surface area contributed by atoms with E-state index in [0.717, 1.165) is 29.9 Å². The Balaban J connectivity index is 1.65. The standard InChI is InChI=1S/C23H19NO/c25-23-21(20-14-8-3-9-15-20)22(23)24(16-18-10-4-1-5-11-18)17-19-12-6-2-7-13-19/h1-15H,16-17H2. The molecule has 0 amide bonds. The van der Waals surface area contributed by atoms with Crippen LogP contribution in [0.15, 0.2) is 95.8 Å². The van der Waals surface area contributed by atoms with Gasteiger partial charge in [0.05, 0.1) is 11.3 Å². The Kier molecular flexibility index (Phi) is 4.17. The molecule has 25 heavy (non-hydrogen) atoms. The van der Waals surface area contributed by atoms with E-state index in [1.807, 2.05) is 66.7 Å². The third-order valence-electron chi connectivity index (χ3n) is 4.43. The molecule has 0 atom stereocenters. The highest BCUT2D eigenvalue weighted by molar-refractivity contribution is 5.90. The fraction of sp³-hybridized carbons (Fsp3) is 0.0870. The summed E-state index contributed by atoms with van der Waals surface area (Å²) in [5, 5.41) is 0. The molecule has 2 heteroatoms. The second kappa shape index (κ2) is 6.78. The van der Waals surface area contributed by atoms with Gasteiger partial charge in [-0.3, -0.25) is 4.79 Å². The van der Waals surface area contributed by atoms with Crippen molar-refractivity contribution in [3.8, 4) is 11.1 Å². The SMILES string of the molecule is O=c1c(-c2ccccc2)c1N(Cc1ccccc1)Cc1ccccc1. The van der Waals surface area contributed by atoms with Crippen LogP contribution in [0.3, 0.4) is 0 Å². The van der Waals surface area contributed by atoms with Crippen molar-refractivity contribution < 1.29 is 0 Å². The first-order valence-corrected chi connectivity index (χ1v) is 8.50. The molecular weight excluding hydrogens is 306 g/mol. The molecule has 0 radical (unpaired) electrons. The van der Waals surface area contributed by atoms with Gasteiger partial charge in [-0.05, 0) is 16.7 Å². The van der Waals surface area contributed by atoms with E-state index in [4.69, 9.17) is 0 Å². The van der Waals surface area contributed by atoms with Gasteiger partial charge in [-0.2, -0.15) is 0 Å². The van der Waals surface area contributed by atoms with E-state index >= 15 is 0 Å². The van der Waals surface area contributed by atoms with E-state index in [2.05, 4.69) is 29.2 Å². The van der Waals surface area contributed by atoms with Gasteiger partial charge >= 0.3 is 0 Å². The molecule has 0 aliphatic rings. The van der Waals surface area contributed by atoms with Crippen molar-refractivity contribution in [2.24, 2.45) is 0 Å². The van der Waals surface area contributed by atoms with E-state index < -0.39 is 0 Å². The molecule has 0 saturated heterocycles. The van der Waals surface area contributed by atoms with Crippen LogP contribution >= 0.6 is 0 Å². The molecule has 0 N–H and O–H groups in total. The third-order valence-corrected chi connectivity index (χ3v) is 4.43. The smallest absolute Gasteiger partial charge is 0.212 e. The van der Waals surface area contributed by atoms with Crippen LogP contribution in [0, 0.1) is 0 Å². The molecule has 0 heterocycles. The lowest BCUT2D eigenvalue weighted by Gasteiger charge is -2.21. The summed E-state index contributed by atoms with van der Waals surface area (Å²) in [4.78, 5) is 14.7. The van der Waals surface area contributed by atoms with Crippen molar-refractivity contribution in [3.05, 3.63) is 112 Å². The second-order valence-corrected chi connectivity index (χ2v) is 6.25. The minimum absolute atomic E-state index is 0.165. The zero-order chi connectivity index (χ0) is 17.1. The maximum absolute atomic E-state index is 12.5. The predicted octanol–water partition coefficient (Wildman–Crippen LogP) is 4.80. The monoisotopic (exact) mass is 325 g/mol. The molecule has 0 bridgehead atoms. The largest absolute Gasteiger partial charge is 0.359 e. The number of anilines is 1. The van der Waals surface area contributed by atoms with E-state index in [1.54, 1.807) is 0 Å². The molecular formula is C23H19NO. The molecule has 4 aromatic rings. The number of nitrogens with zero attached hydrogens (tertiary/aromatic N) is 1. The van der Waals surface area contributed by atoms with Crippen molar-refractivity contribution in [1.29, 1.82) is 0 Å². The molecule has 2 nitrogen and oxygen atoms in total. The second-order valence-electron chi connectivity index (χ2n) is 6.25. The lowest BCUT2D eigenvalue weighted by atomic mass is 10.1. The van der Waals surface area contributed by atoms with E-state index in [0.29, 0.717) is 0 Å². The van der Waals surface area contributed by atoms with Crippen LogP contribution in [-0.4, -0.2) is 0 Å². The van der Waals surface area contributed by atoms with Crippen molar-refractivity contribution in [2.75, 3.05) is 4.90 Å². The van der Waals surface area contributed by atoms with E-state index in [1.165, 1.54) is 11.1 Å². The van der Waals surface area contributed by atoms with Crippen LogP contribution in [0.2, 0.25) is 0 Å². The Morgan fingerprint density at radius 3 is 1.52 bits per heavy atom. The Morgan fingerprint density at radius 1 is 0.600 bits per heavy atom. The highest BCUT2D eigenvalue weighted by Crippen LogP contribution is 2.35. The summed E-state index contributed by atoms with van der Waals surface area (Å²) in [6, 6.07) is 30.5. The zero-order valence-corrected chi connectivity index (χ0v) is 13.9. The lowest BCUT2D eigenvalue weighted by molar-refractivity contribution is 0.808. The van der Waals surface area contributed by atoms with Crippen molar-refractivity contribution >= 4 is 5.69 Å². The molecule has 4 rings (SSSR count). The van der Waals surface area contributed by atoms with Crippen molar-refractivity contribution in [3.63, 3.8) is 0 Å². The first-order chi connectivity index (χ1) is 12.3. The molecule has 4 aromatic carbocycles. The van der Waals surface area contributed by atoms with Crippen LogP contribution in [-0.2, 0) is 13.1 Å². The van der Waals surface area contributed by atoms with Gasteiger partial charge in [0.15, 0.2) is 0 Å². The quantitative estimate of drug-likeness (QED) is 0.508. The third kappa shape index (κ3) is 3.38. The Morgan fingerprint density at radius 2 is 1.04 bits per heavy atom. The van der Waals surface area contributed by atoms with Crippen LogP contribution in [0.1, 0.15) is 11.1 Å². The van der Waals surface area contributed by atoms with Gasteiger partial charge in [-0.25, -0.2) is 0 Å². The summed E-state index contributed by atoms with van der Waals surface area (Å²) in [6.07, 6.45) is 0. The topological polar surface area (TPSA) is 20.3 Å². The summed E-state index contributed by atoms with van der Waals surface area (Å²) in [7, 11) is 0. The summed E-state index contributed by atoms with van der Waals surface area (Å²) < 4.78 is 0. The highest BCUT2D eigenvalue weighted by Gasteiger charge is 2.29. The fourth-order valence-corrected chi connectivity index (χ4v) is 3.16. The van der Waals surface area contributed by atoms with Crippen LogP contribution in [0.4, 0.5) is 5.69 Å². The minimum Gasteiger partial charge on any atom is -0.359 e. The fourth-order valence-electron chi connectivity index (χ4n) is 3.16. The van der Waals surface area contributed by atoms with Crippen molar-refractivity contribution in [1.82, 2.24) is 0 Å². The maximum atomic E-state index is 12.5. The Labute approximate surface area is 147 Å². The van der Waals surface area contributed by atoms with E-state index in [9.17, 15) is 4.79 Å². The summed E-state index contributed by atoms with van der Waals surface area (Å²) in [6.45, 7) is 1.46. The first kappa shape index (κ1) is 15.4. The molecule has 122 valence electrons. The van der Waals surface area contributed by atoms with Crippen LogP contribution < -0.4 is 10.3 Å². The number of hydrogen-bond donors (Lipinski definition) is 0. The molecule has 0 spiro atoms. The maximum Gasteiger partial charge on any atom is 0.212 e. The molecule has 0 aliphatic carbocycles. The van der Waals surface area contributed by atoms with Gasteiger partial charge in [0.2, 0.25) is 5.43 Å². The summed E-state index contributed by atoms with van der Waals surface area (Å²) >= 11 is 0. The first-order valence-electron chi connectivity index (χ1n) is 8.50. The molecule has 0 unspecified atom stereocenters. The Hall–Kier alpha value is -3.13. The molecule has 0 aliphatic heterocycles. The van der Waals surface area contributed by atoms with Gasteiger partial charge in [0, 0.05) is 13.1 Å². The normalized spacial score (nSPS) is 10.9.